The summed E-state index contributed by atoms with van der Waals surface area (Å²) < 4.78 is 4.35. The number of carboxylic acids is 1. The molecule has 0 aromatic rings. The number of aliphatic carboxylic acids is 1. The molecule has 0 spiro atoms. The second-order valence-corrected chi connectivity index (χ2v) is 4.14. The van der Waals surface area contributed by atoms with Crippen molar-refractivity contribution in [3.05, 3.63) is 12.0 Å². The highest BCUT2D eigenvalue weighted by Crippen LogP contribution is 2.15. The number of rotatable bonds is 9. The molecule has 0 rings (SSSR count). The highest BCUT2D eigenvalue weighted by atomic mass is 16.7. The molecule has 0 amide bonds. The lowest BCUT2D eigenvalue weighted by Gasteiger charge is -2.18. The van der Waals surface area contributed by atoms with Gasteiger partial charge in [-0.2, -0.15) is 0 Å². The van der Waals surface area contributed by atoms with Crippen LogP contribution in [-0.4, -0.2) is 38.2 Å². The van der Waals surface area contributed by atoms with Gasteiger partial charge in [0.1, 0.15) is 0 Å². The fourth-order valence-corrected chi connectivity index (χ4v) is 1.24. The first-order valence-corrected chi connectivity index (χ1v) is 6.07. The third-order valence-corrected chi connectivity index (χ3v) is 2.32. The SMILES string of the molecule is CCCCC=C(O)OC(=O)C(O)(O)CCCC(=O)O. The highest BCUT2D eigenvalue weighted by molar-refractivity contribution is 5.78. The van der Waals surface area contributed by atoms with Crippen LogP contribution in [0.1, 0.15) is 45.4 Å². The van der Waals surface area contributed by atoms with E-state index in [0.29, 0.717) is 6.42 Å². The third kappa shape index (κ3) is 8.17. The molecule has 0 saturated carbocycles. The molecule has 19 heavy (non-hydrogen) atoms. The maximum Gasteiger partial charge on any atom is 0.374 e. The van der Waals surface area contributed by atoms with E-state index in [2.05, 4.69) is 4.74 Å². The first-order chi connectivity index (χ1) is 8.79. The molecular formula is C12H20O7. The largest absolute Gasteiger partial charge is 0.481 e. The van der Waals surface area contributed by atoms with Crippen molar-refractivity contribution in [3.63, 3.8) is 0 Å². The molecule has 0 aromatic heterocycles. The number of aliphatic hydroxyl groups is 3. The van der Waals surface area contributed by atoms with Crippen LogP contribution in [0.15, 0.2) is 12.0 Å². The summed E-state index contributed by atoms with van der Waals surface area (Å²) in [4.78, 5) is 21.6. The predicted molar refractivity (Wildman–Crippen MR) is 65.0 cm³/mol. The van der Waals surface area contributed by atoms with Gasteiger partial charge in [-0.25, -0.2) is 4.79 Å². The standard InChI is InChI=1S/C12H20O7/c1-2-3-4-7-10(15)19-11(16)12(17,18)8-5-6-9(13)14/h7,15,17-18H,2-6,8H2,1H3,(H,13,14). The van der Waals surface area contributed by atoms with Crippen LogP contribution in [0.3, 0.4) is 0 Å². The van der Waals surface area contributed by atoms with Gasteiger partial charge in [-0.05, 0) is 25.3 Å². The van der Waals surface area contributed by atoms with E-state index in [1.165, 1.54) is 6.08 Å². The van der Waals surface area contributed by atoms with Gasteiger partial charge in [-0.3, -0.25) is 4.79 Å². The molecule has 0 aliphatic rings. The zero-order valence-electron chi connectivity index (χ0n) is 10.8. The summed E-state index contributed by atoms with van der Waals surface area (Å²) in [7, 11) is 0. The van der Waals surface area contributed by atoms with Gasteiger partial charge in [0.05, 0.1) is 0 Å². The molecule has 0 heterocycles. The van der Waals surface area contributed by atoms with Crippen LogP contribution >= 0.6 is 0 Å². The molecule has 0 bridgehead atoms. The lowest BCUT2D eigenvalue weighted by atomic mass is 10.1. The predicted octanol–water partition coefficient (Wildman–Crippen LogP) is 1.05. The minimum atomic E-state index is -2.80. The molecule has 7 heteroatoms. The Bertz CT molecular complexity index is 333. The van der Waals surface area contributed by atoms with E-state index in [1.54, 1.807) is 0 Å². The maximum atomic E-state index is 11.3. The summed E-state index contributed by atoms with van der Waals surface area (Å²) >= 11 is 0. The second-order valence-electron chi connectivity index (χ2n) is 4.14. The first kappa shape index (κ1) is 17.4. The van der Waals surface area contributed by atoms with Gasteiger partial charge in [-0.15, -0.1) is 0 Å². The molecule has 0 saturated heterocycles. The van der Waals surface area contributed by atoms with Gasteiger partial charge >= 0.3 is 11.9 Å². The number of aliphatic hydroxyl groups excluding tert-OH is 1. The van der Waals surface area contributed by atoms with Crippen molar-refractivity contribution in [1.29, 1.82) is 0 Å². The molecule has 7 nitrogen and oxygen atoms in total. The van der Waals surface area contributed by atoms with E-state index >= 15 is 0 Å². The molecule has 0 radical (unpaired) electrons. The van der Waals surface area contributed by atoms with Gasteiger partial charge in [-0.1, -0.05) is 13.3 Å². The molecule has 0 aliphatic carbocycles. The fraction of sp³-hybridized carbons (Fsp3) is 0.667. The maximum absolute atomic E-state index is 11.3. The normalized spacial score (nSPS) is 12.3. The Hall–Kier alpha value is -1.60. The van der Waals surface area contributed by atoms with Crippen molar-refractivity contribution in [1.82, 2.24) is 0 Å². The summed E-state index contributed by atoms with van der Waals surface area (Å²) in [6, 6.07) is 0. The van der Waals surface area contributed by atoms with Crippen LogP contribution < -0.4 is 0 Å². The summed E-state index contributed by atoms with van der Waals surface area (Å²) in [5.74, 6) is -6.03. The third-order valence-electron chi connectivity index (χ3n) is 2.32. The van der Waals surface area contributed by atoms with Crippen LogP contribution in [0.4, 0.5) is 0 Å². The number of esters is 1. The van der Waals surface area contributed by atoms with Crippen LogP contribution in [0.2, 0.25) is 0 Å². The van der Waals surface area contributed by atoms with Gasteiger partial charge < -0.3 is 25.2 Å². The Labute approximate surface area is 111 Å². The number of hydrogen-bond donors (Lipinski definition) is 4. The number of carboxylic acid groups (broad SMARTS) is 1. The zero-order chi connectivity index (χ0) is 14.9. The van der Waals surface area contributed by atoms with Crippen molar-refractivity contribution in [2.45, 2.75) is 51.2 Å². The number of allylic oxidation sites excluding steroid dienone is 1. The Morgan fingerprint density at radius 3 is 2.37 bits per heavy atom. The number of carbonyl (C=O) groups excluding carboxylic acids is 1. The van der Waals surface area contributed by atoms with Gasteiger partial charge in [0, 0.05) is 12.8 Å². The molecule has 4 N–H and O–H groups in total. The van der Waals surface area contributed by atoms with E-state index in [-0.39, 0.29) is 12.8 Å². The van der Waals surface area contributed by atoms with Crippen molar-refractivity contribution >= 4 is 11.9 Å². The molecular weight excluding hydrogens is 256 g/mol. The van der Waals surface area contributed by atoms with E-state index in [4.69, 9.17) is 5.11 Å². The van der Waals surface area contributed by atoms with Gasteiger partial charge in [0.15, 0.2) is 0 Å². The highest BCUT2D eigenvalue weighted by Gasteiger charge is 2.35. The monoisotopic (exact) mass is 276 g/mol. The quantitative estimate of drug-likeness (QED) is 0.215. The number of carbonyl (C=O) groups is 2. The van der Waals surface area contributed by atoms with E-state index in [9.17, 15) is 24.9 Å². The molecule has 0 aliphatic heterocycles. The minimum Gasteiger partial charge on any atom is -0.481 e. The smallest absolute Gasteiger partial charge is 0.374 e. The second kappa shape index (κ2) is 8.49. The van der Waals surface area contributed by atoms with Gasteiger partial charge in [0.2, 0.25) is 0 Å². The zero-order valence-corrected chi connectivity index (χ0v) is 10.8. The molecule has 0 unspecified atom stereocenters. The number of unbranched alkanes of at least 4 members (excludes halogenated alkanes) is 2. The Kier molecular flexibility index (Phi) is 7.78. The fourth-order valence-electron chi connectivity index (χ4n) is 1.24. The van der Waals surface area contributed by atoms with Crippen LogP contribution in [-0.2, 0) is 14.3 Å². The summed E-state index contributed by atoms with van der Waals surface area (Å²) in [6.45, 7) is 1.95. The van der Waals surface area contributed by atoms with E-state index < -0.39 is 30.1 Å². The van der Waals surface area contributed by atoms with Crippen molar-refractivity contribution < 1.29 is 34.8 Å². The van der Waals surface area contributed by atoms with Gasteiger partial charge in [0.25, 0.3) is 11.7 Å². The molecule has 0 fully saturated rings. The molecule has 0 atom stereocenters. The van der Waals surface area contributed by atoms with Crippen molar-refractivity contribution in [3.8, 4) is 0 Å². The summed E-state index contributed by atoms with van der Waals surface area (Å²) in [6.07, 6.45) is 2.57. The number of hydrogen-bond acceptors (Lipinski definition) is 6. The summed E-state index contributed by atoms with van der Waals surface area (Å²) in [5, 5.41) is 36.3. The van der Waals surface area contributed by atoms with Crippen molar-refractivity contribution in [2.75, 3.05) is 0 Å². The average molecular weight is 276 g/mol. The summed E-state index contributed by atoms with van der Waals surface area (Å²) in [5.41, 5.74) is 0. The van der Waals surface area contributed by atoms with Crippen LogP contribution in [0, 0.1) is 0 Å². The lowest BCUT2D eigenvalue weighted by molar-refractivity contribution is -0.211. The number of ether oxygens (including phenoxy) is 1. The Morgan fingerprint density at radius 2 is 1.84 bits per heavy atom. The van der Waals surface area contributed by atoms with Crippen LogP contribution in [0.5, 0.6) is 0 Å². The topological polar surface area (TPSA) is 124 Å². The van der Waals surface area contributed by atoms with Crippen molar-refractivity contribution in [2.24, 2.45) is 0 Å². The Balaban J connectivity index is 4.22. The molecule has 0 aromatic carbocycles. The van der Waals surface area contributed by atoms with E-state index in [0.717, 1.165) is 12.8 Å². The average Bonchev–Trinajstić information content (AvgIpc) is 2.28. The Morgan fingerprint density at radius 1 is 1.21 bits per heavy atom. The first-order valence-electron chi connectivity index (χ1n) is 6.07. The minimum absolute atomic E-state index is 0.0995. The molecule has 110 valence electrons. The van der Waals surface area contributed by atoms with Crippen LogP contribution in [0.25, 0.3) is 0 Å². The van der Waals surface area contributed by atoms with E-state index in [1.807, 2.05) is 6.92 Å². The lowest BCUT2D eigenvalue weighted by Crippen LogP contribution is -2.39.